The topological polar surface area (TPSA) is 25.0 Å². The van der Waals surface area contributed by atoms with Gasteiger partial charge < -0.3 is 9.72 Å². The van der Waals surface area contributed by atoms with E-state index in [1.165, 1.54) is 65.3 Å². The fourth-order valence-corrected chi connectivity index (χ4v) is 4.56. The molecule has 6 rings (SSSR count). The second-order valence-electron chi connectivity index (χ2n) is 10.8. The fraction of sp³-hybridized carbons (Fsp3) is 0.273. The van der Waals surface area contributed by atoms with Gasteiger partial charge in [0.2, 0.25) is 0 Å². The molecule has 242 valence electrons. The number of para-hydroxylation sites is 1. The number of hydrogen-bond acceptors (Lipinski definition) is 1. The minimum Gasteiger partial charge on any atom is -0.377 e. The number of benzene rings is 5. The summed E-state index contributed by atoms with van der Waals surface area (Å²) in [6.07, 6.45) is 9.47. The van der Waals surface area contributed by atoms with Gasteiger partial charge in [0.05, 0.1) is 6.61 Å². The highest BCUT2D eigenvalue weighted by molar-refractivity contribution is 5.82. The second-order valence-corrected chi connectivity index (χ2v) is 10.8. The van der Waals surface area contributed by atoms with Gasteiger partial charge in [0.1, 0.15) is 0 Å². The molecule has 1 aromatic heterocycles. The molecule has 0 amide bonds. The normalized spacial score (nSPS) is 9.65. The molecular weight excluding hydrogens is 558 g/mol. The number of aryl methyl sites for hydroxylation is 3. The van der Waals surface area contributed by atoms with E-state index in [4.69, 9.17) is 4.74 Å². The van der Waals surface area contributed by atoms with Crippen LogP contribution in [0, 0.1) is 0 Å². The predicted molar refractivity (Wildman–Crippen MR) is 201 cm³/mol. The van der Waals surface area contributed by atoms with Crippen LogP contribution in [0.25, 0.3) is 10.9 Å². The van der Waals surface area contributed by atoms with Gasteiger partial charge in [-0.15, -0.1) is 0 Å². The van der Waals surface area contributed by atoms with E-state index in [2.05, 4.69) is 129 Å². The van der Waals surface area contributed by atoms with E-state index < -0.39 is 0 Å². The molecule has 0 saturated heterocycles. The Morgan fingerprint density at radius 2 is 0.935 bits per heavy atom. The predicted octanol–water partition coefficient (Wildman–Crippen LogP) is 12.3. The van der Waals surface area contributed by atoms with Crippen molar-refractivity contribution in [2.75, 3.05) is 6.61 Å². The first-order chi connectivity index (χ1) is 22.7. The van der Waals surface area contributed by atoms with E-state index in [0.717, 1.165) is 19.6 Å². The molecule has 0 fully saturated rings. The van der Waals surface area contributed by atoms with Crippen LogP contribution < -0.4 is 0 Å². The van der Waals surface area contributed by atoms with E-state index in [-0.39, 0.29) is 0 Å². The third kappa shape index (κ3) is 17.2. The standard InChI is InChI=1S/C10H11N.C10H14.C9H12O.C9H12.C6H6/c1-2-8-7-11-10-6-4-3-5-9(8)10;1-2-3-7-10-8-5-4-6-9-10;1-2-10-8-9-6-4-3-5-7-9;1-2-6-9-7-4-3-5-8-9;1-2-4-6-5-3-1/h3-7,11H,2H2,1H3;4-6,8-9H,2-3,7H2,1H3;3-7H,2,8H2,1H3;3-5,7-8H,2,6H2,1H3;1-6H. The van der Waals surface area contributed by atoms with Crippen molar-refractivity contribution in [1.82, 2.24) is 4.98 Å². The van der Waals surface area contributed by atoms with Crippen molar-refractivity contribution in [2.24, 2.45) is 0 Å². The lowest BCUT2D eigenvalue weighted by Crippen LogP contribution is -1.90. The first-order valence-corrected chi connectivity index (χ1v) is 17.0. The van der Waals surface area contributed by atoms with Gasteiger partial charge in [0, 0.05) is 23.7 Å². The van der Waals surface area contributed by atoms with Crippen molar-refractivity contribution in [3.05, 3.63) is 180 Å². The van der Waals surface area contributed by atoms with Crippen LogP contribution in [0.5, 0.6) is 0 Å². The molecule has 0 aliphatic rings. The van der Waals surface area contributed by atoms with Crippen LogP contribution in [0.15, 0.2) is 158 Å². The molecule has 6 aromatic rings. The summed E-state index contributed by atoms with van der Waals surface area (Å²) in [5, 5.41) is 1.36. The van der Waals surface area contributed by atoms with Crippen molar-refractivity contribution in [3.8, 4) is 0 Å². The monoisotopic (exact) mass is 613 g/mol. The maximum absolute atomic E-state index is 5.22. The van der Waals surface area contributed by atoms with Crippen molar-refractivity contribution in [1.29, 1.82) is 0 Å². The van der Waals surface area contributed by atoms with Crippen molar-refractivity contribution in [3.63, 3.8) is 0 Å². The Labute approximate surface area is 279 Å². The quantitative estimate of drug-likeness (QED) is 0.172. The van der Waals surface area contributed by atoms with Crippen molar-refractivity contribution < 1.29 is 4.74 Å². The van der Waals surface area contributed by atoms with Crippen molar-refractivity contribution in [2.45, 2.75) is 72.8 Å². The Balaban J connectivity index is 0.000000202. The smallest absolute Gasteiger partial charge is 0.0716 e. The first kappa shape index (κ1) is 37.8. The molecule has 0 saturated carbocycles. The largest absolute Gasteiger partial charge is 0.377 e. The second kappa shape index (κ2) is 25.9. The number of aromatic nitrogens is 1. The maximum atomic E-state index is 5.22. The highest BCUT2D eigenvalue weighted by Crippen LogP contribution is 2.17. The van der Waals surface area contributed by atoms with Gasteiger partial charge in [-0.05, 0) is 60.9 Å². The third-order valence-electron chi connectivity index (χ3n) is 7.08. The molecule has 0 radical (unpaired) electrons. The molecule has 0 aliphatic carbocycles. The van der Waals surface area contributed by atoms with E-state index in [0.29, 0.717) is 0 Å². The molecule has 2 nitrogen and oxygen atoms in total. The highest BCUT2D eigenvalue weighted by atomic mass is 16.5. The number of aromatic amines is 1. The van der Waals surface area contributed by atoms with Crippen LogP contribution in [0.2, 0.25) is 0 Å². The van der Waals surface area contributed by atoms with E-state index in [1.807, 2.05) is 61.5 Å². The summed E-state index contributed by atoms with van der Waals surface area (Å²) >= 11 is 0. The molecule has 0 unspecified atom stereocenters. The zero-order valence-electron chi connectivity index (χ0n) is 28.6. The summed E-state index contributed by atoms with van der Waals surface area (Å²) in [5.74, 6) is 0. The Bertz CT molecular complexity index is 1410. The molecule has 46 heavy (non-hydrogen) atoms. The van der Waals surface area contributed by atoms with Crippen LogP contribution in [-0.4, -0.2) is 11.6 Å². The average molecular weight is 614 g/mol. The summed E-state index contributed by atoms with van der Waals surface area (Å²) in [6.45, 7) is 10.1. The zero-order valence-corrected chi connectivity index (χ0v) is 28.6. The Hall–Kier alpha value is -4.40. The number of rotatable bonds is 9. The van der Waals surface area contributed by atoms with Gasteiger partial charge in [0.15, 0.2) is 0 Å². The van der Waals surface area contributed by atoms with Crippen LogP contribution in [-0.2, 0) is 30.6 Å². The molecule has 0 bridgehead atoms. The van der Waals surface area contributed by atoms with Gasteiger partial charge in [-0.1, -0.05) is 179 Å². The lowest BCUT2D eigenvalue weighted by Gasteiger charge is -1.98. The number of fused-ring (bicyclic) bond motifs is 1. The first-order valence-electron chi connectivity index (χ1n) is 17.0. The number of H-pyrrole nitrogens is 1. The van der Waals surface area contributed by atoms with Crippen LogP contribution in [0.3, 0.4) is 0 Å². The number of unbranched alkanes of at least 4 members (excludes halogenated alkanes) is 1. The van der Waals surface area contributed by atoms with Crippen LogP contribution >= 0.6 is 0 Å². The average Bonchev–Trinajstić information content (AvgIpc) is 3.57. The molecule has 0 aliphatic heterocycles. The number of ether oxygens (including phenoxy) is 1. The Kier molecular flexibility index (Phi) is 21.3. The molecule has 1 heterocycles. The number of hydrogen-bond donors (Lipinski definition) is 1. The summed E-state index contributed by atoms with van der Waals surface area (Å²) in [5.41, 5.74) is 6.79. The molecular formula is C44H55NO. The minimum atomic E-state index is 0.733. The van der Waals surface area contributed by atoms with Gasteiger partial charge in [0.25, 0.3) is 0 Å². The number of nitrogens with one attached hydrogen (secondary N) is 1. The fourth-order valence-electron chi connectivity index (χ4n) is 4.56. The lowest BCUT2D eigenvalue weighted by atomic mass is 10.1. The molecule has 1 N–H and O–H groups in total. The summed E-state index contributed by atoms with van der Waals surface area (Å²) in [6, 6.07) is 51.8. The zero-order chi connectivity index (χ0) is 32.9. The van der Waals surface area contributed by atoms with Gasteiger partial charge in [-0.25, -0.2) is 0 Å². The van der Waals surface area contributed by atoms with E-state index >= 15 is 0 Å². The van der Waals surface area contributed by atoms with Gasteiger partial charge in [-0.3, -0.25) is 0 Å². The Morgan fingerprint density at radius 3 is 1.41 bits per heavy atom. The summed E-state index contributed by atoms with van der Waals surface area (Å²) < 4.78 is 5.22. The van der Waals surface area contributed by atoms with Crippen LogP contribution in [0.4, 0.5) is 0 Å². The summed E-state index contributed by atoms with van der Waals surface area (Å²) in [4.78, 5) is 3.24. The molecule has 5 aromatic carbocycles. The Morgan fingerprint density at radius 1 is 0.478 bits per heavy atom. The minimum absolute atomic E-state index is 0.733. The highest BCUT2D eigenvalue weighted by Gasteiger charge is 1.98. The maximum Gasteiger partial charge on any atom is 0.0716 e. The molecule has 0 atom stereocenters. The van der Waals surface area contributed by atoms with E-state index in [9.17, 15) is 0 Å². The lowest BCUT2D eigenvalue weighted by molar-refractivity contribution is 0.134. The SMILES string of the molecule is CCCCc1ccccc1.CCCc1ccccc1.CCOCc1ccccc1.CCc1c[nH]c2ccccc12.c1ccccc1. The van der Waals surface area contributed by atoms with E-state index in [1.54, 1.807) is 0 Å². The van der Waals surface area contributed by atoms with Crippen LogP contribution in [0.1, 0.15) is 69.2 Å². The van der Waals surface area contributed by atoms with Gasteiger partial charge >= 0.3 is 0 Å². The molecule has 2 heteroatoms. The van der Waals surface area contributed by atoms with Gasteiger partial charge in [-0.2, -0.15) is 0 Å². The summed E-state index contributed by atoms with van der Waals surface area (Å²) in [7, 11) is 0. The third-order valence-corrected chi connectivity index (χ3v) is 7.08. The molecule has 0 spiro atoms. The van der Waals surface area contributed by atoms with Crippen molar-refractivity contribution >= 4 is 10.9 Å².